The number of rotatable bonds is 8. The molecule has 5 heteroatoms. The first-order valence-electron chi connectivity index (χ1n) is 9.00. The summed E-state index contributed by atoms with van der Waals surface area (Å²) in [6.07, 6.45) is 1.86. The Morgan fingerprint density at radius 2 is 1.38 bits per heavy atom. The normalized spacial score (nSPS) is 11.1. The molecule has 0 spiro atoms. The van der Waals surface area contributed by atoms with Gasteiger partial charge in [0, 0.05) is 48.3 Å². The molecule has 132 valence electrons. The second-order valence-corrected chi connectivity index (χ2v) is 6.27. The lowest BCUT2D eigenvalue weighted by Crippen LogP contribution is -2.27. The minimum atomic E-state index is 0.874. The quantitative estimate of drug-likeness (QED) is 0.367. The lowest BCUT2D eigenvalue weighted by molar-refractivity contribution is 0.719. The molecule has 3 aromatic carbocycles. The maximum absolute atomic E-state index is 4.09. The number of nitrogens with zero attached hydrogens (tertiary/aromatic N) is 1. The van der Waals surface area contributed by atoms with Crippen LogP contribution in [-0.4, -0.2) is 36.4 Å². The molecule has 0 amide bonds. The van der Waals surface area contributed by atoms with Crippen LogP contribution in [0.15, 0.2) is 66.9 Å². The van der Waals surface area contributed by atoms with Gasteiger partial charge in [-0.15, -0.1) is 0 Å². The average molecular weight is 345 g/mol. The fraction of sp³-hybridized carbons (Fsp3) is 0.190. The molecule has 0 aliphatic rings. The molecule has 4 aromatic rings. The molecule has 0 fully saturated rings. The van der Waals surface area contributed by atoms with E-state index in [9.17, 15) is 0 Å². The number of nitrogens with one attached hydrogen (secondary N) is 4. The highest BCUT2D eigenvalue weighted by Crippen LogP contribution is 2.22. The first-order valence-corrected chi connectivity index (χ1v) is 9.00. The lowest BCUT2D eigenvalue weighted by Gasteiger charge is -2.11. The third kappa shape index (κ3) is 3.63. The summed E-state index contributed by atoms with van der Waals surface area (Å²) in [5.74, 6) is 0. The number of anilines is 2. The minimum absolute atomic E-state index is 0.874. The minimum Gasteiger partial charge on any atom is -0.383 e. The second-order valence-electron chi connectivity index (χ2n) is 6.27. The largest absolute Gasteiger partial charge is 0.383 e. The van der Waals surface area contributed by atoms with Gasteiger partial charge in [0.05, 0.1) is 11.7 Å². The Kier molecular flexibility index (Phi) is 4.98. The van der Waals surface area contributed by atoms with Gasteiger partial charge < -0.3 is 16.0 Å². The van der Waals surface area contributed by atoms with Gasteiger partial charge in [-0.05, 0) is 23.6 Å². The highest BCUT2D eigenvalue weighted by Gasteiger charge is 2.01. The average Bonchev–Trinajstić information content (AvgIpc) is 3.17. The Morgan fingerprint density at radius 1 is 0.692 bits per heavy atom. The summed E-state index contributed by atoms with van der Waals surface area (Å²) < 4.78 is 0. The van der Waals surface area contributed by atoms with E-state index in [0.717, 1.165) is 42.8 Å². The molecule has 0 aliphatic heterocycles. The zero-order valence-corrected chi connectivity index (χ0v) is 14.6. The molecule has 1 heterocycles. The summed E-state index contributed by atoms with van der Waals surface area (Å²) in [7, 11) is 0. The zero-order chi connectivity index (χ0) is 17.6. The van der Waals surface area contributed by atoms with E-state index in [2.05, 4.69) is 74.7 Å². The molecule has 0 saturated carbocycles. The summed E-state index contributed by atoms with van der Waals surface area (Å²) in [6.45, 7) is 3.59. The number of hydrogen-bond donors (Lipinski definition) is 4. The number of fused-ring (bicyclic) bond motifs is 2. The number of aromatic amines is 1. The van der Waals surface area contributed by atoms with Crippen molar-refractivity contribution in [1.82, 2.24) is 15.5 Å². The second kappa shape index (κ2) is 7.89. The van der Waals surface area contributed by atoms with Crippen molar-refractivity contribution in [2.45, 2.75) is 0 Å². The third-order valence-electron chi connectivity index (χ3n) is 4.51. The van der Waals surface area contributed by atoms with Crippen molar-refractivity contribution in [2.24, 2.45) is 0 Å². The van der Waals surface area contributed by atoms with E-state index in [0.29, 0.717) is 0 Å². The van der Waals surface area contributed by atoms with Gasteiger partial charge in [0.1, 0.15) is 0 Å². The van der Waals surface area contributed by atoms with Crippen molar-refractivity contribution in [1.29, 1.82) is 0 Å². The molecular formula is C21H23N5. The molecule has 0 saturated heterocycles. The predicted molar refractivity (Wildman–Crippen MR) is 110 cm³/mol. The monoisotopic (exact) mass is 345 g/mol. The molecule has 0 atom stereocenters. The van der Waals surface area contributed by atoms with Crippen molar-refractivity contribution < 1.29 is 0 Å². The van der Waals surface area contributed by atoms with Crippen LogP contribution in [0.2, 0.25) is 0 Å². The fourth-order valence-corrected chi connectivity index (χ4v) is 3.20. The van der Waals surface area contributed by atoms with Crippen molar-refractivity contribution in [2.75, 3.05) is 36.8 Å². The van der Waals surface area contributed by atoms with Gasteiger partial charge in [0.15, 0.2) is 0 Å². The maximum atomic E-state index is 4.09. The number of aromatic nitrogens is 2. The summed E-state index contributed by atoms with van der Waals surface area (Å²) in [5, 5.41) is 21.2. The highest BCUT2D eigenvalue weighted by molar-refractivity contribution is 5.93. The van der Waals surface area contributed by atoms with E-state index in [-0.39, 0.29) is 0 Å². The topological polar surface area (TPSA) is 64.8 Å². The molecule has 0 bridgehead atoms. The SMILES string of the molecule is c1ccc2c(NCCNCCNc3cccc4[nH]ncc34)cccc2c1. The summed E-state index contributed by atoms with van der Waals surface area (Å²) in [6, 6.07) is 21.0. The van der Waals surface area contributed by atoms with Gasteiger partial charge in [0.2, 0.25) is 0 Å². The first-order chi connectivity index (χ1) is 12.9. The van der Waals surface area contributed by atoms with Crippen LogP contribution >= 0.6 is 0 Å². The van der Waals surface area contributed by atoms with Crippen LogP contribution in [0.4, 0.5) is 11.4 Å². The van der Waals surface area contributed by atoms with E-state index >= 15 is 0 Å². The van der Waals surface area contributed by atoms with E-state index in [1.807, 2.05) is 18.3 Å². The molecular weight excluding hydrogens is 322 g/mol. The molecule has 0 aliphatic carbocycles. The van der Waals surface area contributed by atoms with Gasteiger partial charge in [-0.3, -0.25) is 5.10 Å². The number of hydrogen-bond acceptors (Lipinski definition) is 4. The van der Waals surface area contributed by atoms with Gasteiger partial charge in [0.25, 0.3) is 0 Å². The van der Waals surface area contributed by atoms with E-state index in [4.69, 9.17) is 0 Å². The van der Waals surface area contributed by atoms with E-state index < -0.39 is 0 Å². The van der Waals surface area contributed by atoms with Crippen LogP contribution in [0.3, 0.4) is 0 Å². The zero-order valence-electron chi connectivity index (χ0n) is 14.6. The molecule has 26 heavy (non-hydrogen) atoms. The Labute approximate surface area is 152 Å². The molecule has 1 aromatic heterocycles. The van der Waals surface area contributed by atoms with Crippen LogP contribution < -0.4 is 16.0 Å². The number of benzene rings is 3. The summed E-state index contributed by atoms with van der Waals surface area (Å²) in [5.41, 5.74) is 3.36. The predicted octanol–water partition coefficient (Wildman–Crippen LogP) is 3.83. The highest BCUT2D eigenvalue weighted by atomic mass is 15.1. The van der Waals surface area contributed by atoms with Gasteiger partial charge >= 0.3 is 0 Å². The standard InChI is InChI=1S/C21H23N5/c1-2-7-17-16(5-1)6-3-8-19(17)23-13-11-22-12-14-24-20-9-4-10-21-18(20)15-25-26-21/h1-10,15,22-24H,11-14H2,(H,25,26). The molecule has 4 N–H and O–H groups in total. The molecule has 5 nitrogen and oxygen atoms in total. The van der Waals surface area contributed by atoms with Crippen molar-refractivity contribution >= 4 is 33.1 Å². The van der Waals surface area contributed by atoms with Crippen LogP contribution in [0, 0.1) is 0 Å². The Morgan fingerprint density at radius 3 is 2.23 bits per heavy atom. The van der Waals surface area contributed by atoms with Gasteiger partial charge in [-0.1, -0.05) is 42.5 Å². The molecule has 0 unspecified atom stereocenters. The smallest absolute Gasteiger partial charge is 0.0671 e. The van der Waals surface area contributed by atoms with Crippen LogP contribution in [0.1, 0.15) is 0 Å². The van der Waals surface area contributed by atoms with E-state index in [1.165, 1.54) is 16.5 Å². The van der Waals surface area contributed by atoms with E-state index in [1.54, 1.807) is 0 Å². The lowest BCUT2D eigenvalue weighted by atomic mass is 10.1. The van der Waals surface area contributed by atoms with Crippen LogP contribution in [-0.2, 0) is 0 Å². The third-order valence-corrected chi connectivity index (χ3v) is 4.51. The fourth-order valence-electron chi connectivity index (χ4n) is 3.20. The van der Waals surface area contributed by atoms with Crippen molar-refractivity contribution in [3.05, 3.63) is 66.9 Å². The Hall–Kier alpha value is -3.05. The van der Waals surface area contributed by atoms with Gasteiger partial charge in [-0.25, -0.2) is 0 Å². The summed E-state index contributed by atoms with van der Waals surface area (Å²) >= 11 is 0. The Balaban J connectivity index is 1.20. The summed E-state index contributed by atoms with van der Waals surface area (Å²) in [4.78, 5) is 0. The molecule has 4 rings (SSSR count). The van der Waals surface area contributed by atoms with Gasteiger partial charge in [-0.2, -0.15) is 5.10 Å². The first kappa shape index (κ1) is 16.4. The maximum Gasteiger partial charge on any atom is 0.0671 e. The molecule has 0 radical (unpaired) electrons. The van der Waals surface area contributed by atoms with Crippen molar-refractivity contribution in [3.8, 4) is 0 Å². The Bertz CT molecular complexity index is 986. The van der Waals surface area contributed by atoms with Crippen molar-refractivity contribution in [3.63, 3.8) is 0 Å². The van der Waals surface area contributed by atoms with Crippen LogP contribution in [0.25, 0.3) is 21.7 Å². The number of H-pyrrole nitrogens is 1. The van der Waals surface area contributed by atoms with Crippen LogP contribution in [0.5, 0.6) is 0 Å².